The van der Waals surface area contributed by atoms with Crippen LogP contribution in [0.25, 0.3) is 0 Å². The Labute approximate surface area is 195 Å². The van der Waals surface area contributed by atoms with E-state index in [1.54, 1.807) is 14.2 Å². The number of hydrogen-bond donors (Lipinski definition) is 0. The first kappa shape index (κ1) is 21.5. The summed E-state index contributed by atoms with van der Waals surface area (Å²) in [5, 5.41) is 0. The Morgan fingerprint density at radius 2 is 1.64 bits per heavy atom. The van der Waals surface area contributed by atoms with Gasteiger partial charge in [-0.3, -0.25) is 4.90 Å². The van der Waals surface area contributed by atoms with Crippen molar-refractivity contribution in [1.29, 1.82) is 0 Å². The lowest BCUT2D eigenvalue weighted by Gasteiger charge is -2.36. The molecule has 0 saturated carbocycles. The second-order valence-electron chi connectivity index (χ2n) is 8.56. The van der Waals surface area contributed by atoms with Gasteiger partial charge >= 0.3 is 0 Å². The minimum absolute atomic E-state index is 0.771. The molecule has 0 amide bonds. The molecule has 7 heteroatoms. The number of benzene rings is 2. The third-order valence-electron chi connectivity index (χ3n) is 6.56. The first-order valence-electron chi connectivity index (χ1n) is 11.6. The Balaban J connectivity index is 1.23. The molecule has 3 heterocycles. The average molecular weight is 446 g/mol. The molecule has 0 atom stereocenters. The lowest BCUT2D eigenvalue weighted by atomic mass is 10.1. The van der Waals surface area contributed by atoms with Gasteiger partial charge in [0.1, 0.15) is 0 Å². The van der Waals surface area contributed by atoms with Crippen LogP contribution < -0.4 is 19.3 Å². The standard InChI is InChI=1S/C26H31N5O2/c1-32-24-10-6-7-20(25(24)33-2)18-29-12-11-23-21(19-29)17-27-26(28-23)31-15-13-30(14-16-31)22-8-4-3-5-9-22/h3-10,17H,11-16,18-19H2,1-2H3. The molecule has 1 aromatic heterocycles. The van der Waals surface area contributed by atoms with E-state index in [4.69, 9.17) is 19.4 Å². The van der Waals surface area contributed by atoms with Gasteiger partial charge in [-0.05, 0) is 18.2 Å². The van der Waals surface area contributed by atoms with Crippen molar-refractivity contribution >= 4 is 11.6 Å². The number of hydrogen-bond acceptors (Lipinski definition) is 7. The number of anilines is 2. The highest BCUT2D eigenvalue weighted by Crippen LogP contribution is 2.32. The van der Waals surface area contributed by atoms with Crippen molar-refractivity contribution in [3.63, 3.8) is 0 Å². The minimum Gasteiger partial charge on any atom is -0.493 e. The van der Waals surface area contributed by atoms with Crippen LogP contribution in [-0.2, 0) is 19.5 Å². The molecule has 2 aromatic carbocycles. The molecule has 0 spiro atoms. The van der Waals surface area contributed by atoms with E-state index in [1.807, 2.05) is 18.3 Å². The first-order chi connectivity index (χ1) is 16.2. The highest BCUT2D eigenvalue weighted by Gasteiger charge is 2.23. The van der Waals surface area contributed by atoms with E-state index in [9.17, 15) is 0 Å². The number of para-hydroxylation sites is 2. The van der Waals surface area contributed by atoms with Gasteiger partial charge in [0.05, 0.1) is 19.9 Å². The number of ether oxygens (including phenoxy) is 2. The summed E-state index contributed by atoms with van der Waals surface area (Å²) < 4.78 is 11.1. The van der Waals surface area contributed by atoms with Crippen molar-refractivity contribution in [2.24, 2.45) is 0 Å². The van der Waals surface area contributed by atoms with Crippen LogP contribution in [-0.4, -0.2) is 61.8 Å². The normalized spacial score (nSPS) is 16.4. The van der Waals surface area contributed by atoms with E-state index >= 15 is 0 Å². The maximum absolute atomic E-state index is 5.61. The Morgan fingerprint density at radius 1 is 0.848 bits per heavy atom. The van der Waals surface area contributed by atoms with Gasteiger partial charge in [0, 0.05) is 75.2 Å². The number of methoxy groups -OCH3 is 2. The average Bonchev–Trinajstić information content (AvgIpc) is 2.89. The minimum atomic E-state index is 0.771. The quantitative estimate of drug-likeness (QED) is 0.577. The second-order valence-corrected chi connectivity index (χ2v) is 8.56. The van der Waals surface area contributed by atoms with Crippen LogP contribution in [0.15, 0.2) is 54.7 Å². The summed E-state index contributed by atoms with van der Waals surface area (Å²) in [5.74, 6) is 2.45. The zero-order valence-electron chi connectivity index (χ0n) is 19.4. The van der Waals surface area contributed by atoms with Crippen LogP contribution in [0.3, 0.4) is 0 Å². The molecule has 0 unspecified atom stereocenters. The van der Waals surface area contributed by atoms with Crippen molar-refractivity contribution in [2.75, 3.05) is 56.7 Å². The summed E-state index contributed by atoms with van der Waals surface area (Å²) in [6.45, 7) is 6.47. The summed E-state index contributed by atoms with van der Waals surface area (Å²) in [5.41, 5.74) is 4.82. The predicted molar refractivity (Wildman–Crippen MR) is 130 cm³/mol. The van der Waals surface area contributed by atoms with Crippen LogP contribution in [0, 0.1) is 0 Å². The van der Waals surface area contributed by atoms with Gasteiger partial charge in [-0.1, -0.05) is 30.3 Å². The fraction of sp³-hybridized carbons (Fsp3) is 0.385. The monoisotopic (exact) mass is 445 g/mol. The largest absolute Gasteiger partial charge is 0.493 e. The van der Waals surface area contributed by atoms with Crippen LogP contribution in [0.1, 0.15) is 16.8 Å². The molecule has 1 fully saturated rings. The molecule has 5 rings (SSSR count). The second kappa shape index (κ2) is 9.67. The van der Waals surface area contributed by atoms with E-state index in [1.165, 1.54) is 16.9 Å². The highest BCUT2D eigenvalue weighted by atomic mass is 16.5. The topological polar surface area (TPSA) is 54.0 Å². The summed E-state index contributed by atoms with van der Waals surface area (Å²) in [6, 6.07) is 16.7. The summed E-state index contributed by atoms with van der Waals surface area (Å²) >= 11 is 0. The number of fused-ring (bicyclic) bond motifs is 1. The summed E-state index contributed by atoms with van der Waals surface area (Å²) in [6.07, 6.45) is 2.96. The predicted octanol–water partition coefficient (Wildman–Crippen LogP) is 3.38. The molecule has 7 nitrogen and oxygen atoms in total. The van der Waals surface area contributed by atoms with Crippen LogP contribution in [0.2, 0.25) is 0 Å². The Kier molecular flexibility index (Phi) is 6.30. The molecule has 172 valence electrons. The molecular weight excluding hydrogens is 414 g/mol. The highest BCUT2D eigenvalue weighted by molar-refractivity contribution is 5.49. The zero-order chi connectivity index (χ0) is 22.6. The van der Waals surface area contributed by atoms with Gasteiger partial charge in [-0.15, -0.1) is 0 Å². The molecule has 0 bridgehead atoms. The Hall–Kier alpha value is -3.32. The first-order valence-corrected chi connectivity index (χ1v) is 11.6. The molecule has 3 aromatic rings. The van der Waals surface area contributed by atoms with Crippen molar-refractivity contribution in [3.05, 3.63) is 71.5 Å². The molecule has 0 radical (unpaired) electrons. The molecular formula is C26H31N5O2. The molecule has 1 saturated heterocycles. The summed E-state index contributed by atoms with van der Waals surface area (Å²) in [7, 11) is 3.37. The van der Waals surface area contributed by atoms with Crippen molar-refractivity contribution < 1.29 is 9.47 Å². The molecule has 2 aliphatic heterocycles. The van der Waals surface area contributed by atoms with E-state index in [2.05, 4.69) is 51.1 Å². The van der Waals surface area contributed by atoms with E-state index in [0.717, 1.165) is 75.2 Å². The zero-order valence-corrected chi connectivity index (χ0v) is 19.4. The van der Waals surface area contributed by atoms with E-state index < -0.39 is 0 Å². The van der Waals surface area contributed by atoms with Crippen molar-refractivity contribution in [2.45, 2.75) is 19.5 Å². The van der Waals surface area contributed by atoms with Gasteiger partial charge < -0.3 is 19.3 Å². The Bertz CT molecular complexity index is 1080. The van der Waals surface area contributed by atoms with Crippen molar-refractivity contribution in [3.8, 4) is 11.5 Å². The molecule has 0 aliphatic carbocycles. The van der Waals surface area contributed by atoms with Gasteiger partial charge in [0.15, 0.2) is 11.5 Å². The molecule has 2 aliphatic rings. The molecule has 33 heavy (non-hydrogen) atoms. The maximum atomic E-state index is 5.61. The lowest BCUT2D eigenvalue weighted by molar-refractivity contribution is 0.238. The van der Waals surface area contributed by atoms with E-state index in [-0.39, 0.29) is 0 Å². The lowest BCUT2D eigenvalue weighted by Crippen LogP contribution is -2.47. The van der Waals surface area contributed by atoms with Gasteiger partial charge in [-0.2, -0.15) is 0 Å². The molecule has 0 N–H and O–H groups in total. The smallest absolute Gasteiger partial charge is 0.225 e. The number of rotatable bonds is 6. The van der Waals surface area contributed by atoms with Crippen LogP contribution in [0.4, 0.5) is 11.6 Å². The number of nitrogens with zero attached hydrogens (tertiary/aromatic N) is 5. The van der Waals surface area contributed by atoms with Gasteiger partial charge in [-0.25, -0.2) is 9.97 Å². The van der Waals surface area contributed by atoms with Crippen LogP contribution in [0.5, 0.6) is 11.5 Å². The Morgan fingerprint density at radius 3 is 2.39 bits per heavy atom. The van der Waals surface area contributed by atoms with Crippen molar-refractivity contribution in [1.82, 2.24) is 14.9 Å². The fourth-order valence-corrected chi connectivity index (χ4v) is 4.77. The fourth-order valence-electron chi connectivity index (χ4n) is 4.77. The van der Waals surface area contributed by atoms with E-state index in [0.29, 0.717) is 0 Å². The summed E-state index contributed by atoms with van der Waals surface area (Å²) in [4.78, 5) is 16.9. The maximum Gasteiger partial charge on any atom is 0.225 e. The third-order valence-corrected chi connectivity index (χ3v) is 6.56. The van der Waals surface area contributed by atoms with Gasteiger partial charge in [0.2, 0.25) is 5.95 Å². The SMILES string of the molecule is COc1cccc(CN2CCc3nc(N4CCN(c5ccccc5)CC4)ncc3C2)c1OC. The number of piperazine rings is 1. The van der Waals surface area contributed by atoms with Gasteiger partial charge in [0.25, 0.3) is 0 Å². The third kappa shape index (κ3) is 4.59. The van der Waals surface area contributed by atoms with Crippen LogP contribution >= 0.6 is 0 Å². The number of aromatic nitrogens is 2.